The maximum Gasteiger partial charge on any atom is 0.251 e. The lowest BCUT2D eigenvalue weighted by Crippen LogP contribution is -2.45. The van der Waals surface area contributed by atoms with Crippen molar-refractivity contribution >= 4 is 11.7 Å². The van der Waals surface area contributed by atoms with Crippen LogP contribution in [0.5, 0.6) is 0 Å². The second-order valence-corrected chi connectivity index (χ2v) is 6.22. The smallest absolute Gasteiger partial charge is 0.251 e. The largest absolute Gasteiger partial charge is 0.384 e. The average Bonchev–Trinajstić information content (AvgIpc) is 2.83. The molecule has 1 saturated carbocycles. The fourth-order valence-corrected chi connectivity index (χ4v) is 3.42. The van der Waals surface area contributed by atoms with Crippen molar-refractivity contribution in [1.29, 1.82) is 0 Å². The summed E-state index contributed by atoms with van der Waals surface area (Å²) in [5, 5.41) is 3.04. The number of amides is 1. The van der Waals surface area contributed by atoms with Crippen LogP contribution in [0.2, 0.25) is 0 Å². The van der Waals surface area contributed by atoms with Crippen molar-refractivity contribution in [2.45, 2.75) is 32.1 Å². The predicted molar refractivity (Wildman–Crippen MR) is 79.6 cm³/mol. The van der Waals surface area contributed by atoms with Crippen LogP contribution in [0.25, 0.3) is 0 Å². The Hall–Kier alpha value is -1.68. The van der Waals surface area contributed by atoms with Gasteiger partial charge < -0.3 is 10.1 Å². The second kappa shape index (κ2) is 5.60. The van der Waals surface area contributed by atoms with Gasteiger partial charge in [-0.1, -0.05) is 18.6 Å². The van der Waals surface area contributed by atoms with Crippen LogP contribution in [0, 0.1) is 5.41 Å². The molecule has 112 valence electrons. The van der Waals surface area contributed by atoms with Gasteiger partial charge in [-0.15, -0.1) is 0 Å². The molecule has 2 aliphatic carbocycles. The Bertz CT molecular complexity index is 575. The number of benzene rings is 1. The summed E-state index contributed by atoms with van der Waals surface area (Å²) in [5.41, 5.74) is 2.40. The molecule has 4 nitrogen and oxygen atoms in total. The molecule has 0 bridgehead atoms. The minimum atomic E-state index is -0.0658. The SMILES string of the molecule is COCC1(CNC(=O)c2cccc3c2CCC3=O)CCC1. The average molecular weight is 287 g/mol. The van der Waals surface area contributed by atoms with E-state index in [4.69, 9.17) is 4.74 Å². The number of rotatable bonds is 5. The highest BCUT2D eigenvalue weighted by molar-refractivity contribution is 6.05. The topological polar surface area (TPSA) is 55.4 Å². The number of carbonyl (C=O) groups excluding carboxylic acids is 2. The maximum absolute atomic E-state index is 12.4. The number of hydrogen-bond donors (Lipinski definition) is 1. The van der Waals surface area contributed by atoms with Crippen molar-refractivity contribution in [2.24, 2.45) is 5.41 Å². The molecule has 0 atom stereocenters. The van der Waals surface area contributed by atoms with Gasteiger partial charge in [-0.05, 0) is 30.9 Å². The number of carbonyl (C=O) groups is 2. The number of hydrogen-bond acceptors (Lipinski definition) is 3. The molecule has 4 heteroatoms. The summed E-state index contributed by atoms with van der Waals surface area (Å²) in [6.07, 6.45) is 4.61. The highest BCUT2D eigenvalue weighted by Crippen LogP contribution is 2.40. The lowest BCUT2D eigenvalue weighted by Gasteiger charge is -2.41. The van der Waals surface area contributed by atoms with E-state index < -0.39 is 0 Å². The Labute approximate surface area is 124 Å². The Morgan fingerprint density at radius 2 is 2.14 bits per heavy atom. The van der Waals surface area contributed by atoms with Crippen LogP contribution in [-0.2, 0) is 11.2 Å². The first-order valence-electron chi connectivity index (χ1n) is 7.57. The van der Waals surface area contributed by atoms with E-state index in [9.17, 15) is 9.59 Å². The van der Waals surface area contributed by atoms with Gasteiger partial charge in [0.25, 0.3) is 5.91 Å². The molecule has 2 aliphatic rings. The third-order valence-corrected chi connectivity index (χ3v) is 4.81. The van der Waals surface area contributed by atoms with Crippen LogP contribution in [0.4, 0.5) is 0 Å². The van der Waals surface area contributed by atoms with Gasteiger partial charge in [-0.3, -0.25) is 9.59 Å². The molecule has 1 amide bonds. The summed E-state index contributed by atoms with van der Waals surface area (Å²) in [6.45, 7) is 1.34. The highest BCUT2D eigenvalue weighted by Gasteiger charge is 2.37. The van der Waals surface area contributed by atoms with Crippen LogP contribution < -0.4 is 5.32 Å². The monoisotopic (exact) mass is 287 g/mol. The molecule has 0 saturated heterocycles. The van der Waals surface area contributed by atoms with Crippen molar-refractivity contribution in [1.82, 2.24) is 5.32 Å². The van der Waals surface area contributed by atoms with Crippen LogP contribution in [0.1, 0.15) is 52.0 Å². The summed E-state index contributed by atoms with van der Waals surface area (Å²) in [7, 11) is 1.71. The van der Waals surface area contributed by atoms with Gasteiger partial charge in [-0.2, -0.15) is 0 Å². The van der Waals surface area contributed by atoms with Gasteiger partial charge in [0.1, 0.15) is 0 Å². The van der Waals surface area contributed by atoms with Gasteiger partial charge in [-0.25, -0.2) is 0 Å². The maximum atomic E-state index is 12.4. The molecule has 21 heavy (non-hydrogen) atoms. The fourth-order valence-electron chi connectivity index (χ4n) is 3.42. The Balaban J connectivity index is 1.71. The summed E-state index contributed by atoms with van der Waals surface area (Å²) in [4.78, 5) is 24.2. The van der Waals surface area contributed by atoms with E-state index in [1.807, 2.05) is 12.1 Å². The van der Waals surface area contributed by atoms with Gasteiger partial charge in [0.15, 0.2) is 5.78 Å². The fraction of sp³-hybridized carbons (Fsp3) is 0.529. The lowest BCUT2D eigenvalue weighted by atomic mass is 9.69. The van der Waals surface area contributed by atoms with Gasteiger partial charge in [0.2, 0.25) is 0 Å². The molecule has 0 radical (unpaired) electrons. The van der Waals surface area contributed by atoms with Crippen molar-refractivity contribution in [3.8, 4) is 0 Å². The highest BCUT2D eigenvalue weighted by atomic mass is 16.5. The lowest BCUT2D eigenvalue weighted by molar-refractivity contribution is 0.0180. The molecule has 0 unspecified atom stereocenters. The molecule has 1 aromatic carbocycles. The molecule has 1 N–H and O–H groups in total. The Morgan fingerprint density at radius 3 is 2.81 bits per heavy atom. The predicted octanol–water partition coefficient (Wildman–Crippen LogP) is 2.36. The molecular weight excluding hydrogens is 266 g/mol. The number of ether oxygens (including phenoxy) is 1. The summed E-state index contributed by atoms with van der Waals surface area (Å²) < 4.78 is 5.28. The zero-order valence-electron chi connectivity index (χ0n) is 12.4. The van der Waals surface area contributed by atoms with Crippen molar-refractivity contribution in [3.05, 3.63) is 34.9 Å². The van der Waals surface area contributed by atoms with E-state index in [-0.39, 0.29) is 17.1 Å². The molecular formula is C17H21NO3. The zero-order valence-corrected chi connectivity index (χ0v) is 12.4. The van der Waals surface area contributed by atoms with Crippen LogP contribution >= 0.6 is 0 Å². The number of ketones is 1. The van der Waals surface area contributed by atoms with Crippen molar-refractivity contribution in [2.75, 3.05) is 20.3 Å². The third-order valence-electron chi connectivity index (χ3n) is 4.81. The van der Waals surface area contributed by atoms with E-state index in [1.54, 1.807) is 13.2 Å². The van der Waals surface area contributed by atoms with Crippen LogP contribution in [0.15, 0.2) is 18.2 Å². The molecule has 0 spiro atoms. The molecule has 1 aromatic rings. The van der Waals surface area contributed by atoms with Crippen LogP contribution in [0.3, 0.4) is 0 Å². The van der Waals surface area contributed by atoms with Gasteiger partial charge >= 0.3 is 0 Å². The van der Waals surface area contributed by atoms with Crippen molar-refractivity contribution in [3.63, 3.8) is 0 Å². The molecule has 1 fully saturated rings. The number of fused-ring (bicyclic) bond motifs is 1. The van der Waals surface area contributed by atoms with E-state index in [1.165, 1.54) is 6.42 Å². The summed E-state index contributed by atoms with van der Waals surface area (Å²) >= 11 is 0. The quantitative estimate of drug-likeness (QED) is 0.904. The zero-order chi connectivity index (χ0) is 14.9. The van der Waals surface area contributed by atoms with Gasteiger partial charge in [0.05, 0.1) is 6.61 Å². The van der Waals surface area contributed by atoms with Crippen LogP contribution in [-0.4, -0.2) is 32.0 Å². The van der Waals surface area contributed by atoms with E-state index in [0.717, 1.165) is 24.0 Å². The molecule has 0 aromatic heterocycles. The molecule has 0 aliphatic heterocycles. The number of nitrogens with one attached hydrogen (secondary N) is 1. The molecule has 3 rings (SSSR count). The number of methoxy groups -OCH3 is 1. The first-order valence-corrected chi connectivity index (χ1v) is 7.57. The number of Topliss-reactive ketones (excluding diaryl/α,β-unsaturated/α-hetero) is 1. The minimum absolute atomic E-state index is 0.0658. The first kappa shape index (κ1) is 14.3. The third kappa shape index (κ3) is 2.60. The second-order valence-electron chi connectivity index (χ2n) is 6.22. The Kier molecular flexibility index (Phi) is 3.81. The van der Waals surface area contributed by atoms with E-state index >= 15 is 0 Å². The Morgan fingerprint density at radius 1 is 1.33 bits per heavy atom. The summed E-state index contributed by atoms with van der Waals surface area (Å²) in [6, 6.07) is 5.43. The first-order chi connectivity index (χ1) is 10.2. The minimum Gasteiger partial charge on any atom is -0.384 e. The van der Waals surface area contributed by atoms with E-state index in [0.29, 0.717) is 31.6 Å². The molecule has 0 heterocycles. The van der Waals surface area contributed by atoms with Crippen molar-refractivity contribution < 1.29 is 14.3 Å². The normalized spacial score (nSPS) is 19.0. The standard InChI is InChI=1S/C17H21NO3/c1-21-11-17(8-3-9-17)10-18-16(20)14-5-2-4-13-12(14)6-7-15(13)19/h2,4-5H,3,6-11H2,1H3,(H,18,20). The van der Waals surface area contributed by atoms with Gasteiger partial charge in [0, 0.05) is 36.6 Å². The van der Waals surface area contributed by atoms with E-state index in [2.05, 4.69) is 5.32 Å². The summed E-state index contributed by atoms with van der Waals surface area (Å²) in [5.74, 6) is 0.0819.